The first-order valence-corrected chi connectivity index (χ1v) is 7.06. The van der Waals surface area contributed by atoms with Gasteiger partial charge >= 0.3 is 0 Å². The minimum absolute atomic E-state index is 0.823. The van der Waals surface area contributed by atoms with Gasteiger partial charge in [0, 0.05) is 31.7 Å². The van der Waals surface area contributed by atoms with E-state index in [-0.39, 0.29) is 0 Å². The SMILES string of the molecule is NCCN1CCC2C(CCCN2C2CC2)C1. The number of nitrogens with two attached hydrogens (primary N) is 1. The Labute approximate surface area is 99.0 Å². The van der Waals surface area contributed by atoms with Crippen LogP contribution in [0.15, 0.2) is 0 Å². The summed E-state index contributed by atoms with van der Waals surface area (Å²) in [6.45, 7) is 5.89. The molecule has 3 nitrogen and oxygen atoms in total. The lowest BCUT2D eigenvalue weighted by molar-refractivity contribution is 0.0191. The standard InChI is InChI=1S/C13H25N3/c14-6-9-15-8-5-13-11(10-15)2-1-7-16(13)12-3-4-12/h11-13H,1-10,14H2. The van der Waals surface area contributed by atoms with E-state index in [1.807, 2.05) is 0 Å². The predicted molar refractivity (Wildman–Crippen MR) is 66.4 cm³/mol. The Hall–Kier alpha value is -0.120. The Bertz CT molecular complexity index is 239. The van der Waals surface area contributed by atoms with Crippen LogP contribution >= 0.6 is 0 Å². The second-order valence-electron chi connectivity index (χ2n) is 5.82. The Balaban J connectivity index is 1.61. The highest BCUT2D eigenvalue weighted by molar-refractivity contribution is 4.96. The molecule has 0 aromatic carbocycles. The molecule has 16 heavy (non-hydrogen) atoms. The lowest BCUT2D eigenvalue weighted by atomic mass is 9.83. The van der Waals surface area contributed by atoms with Gasteiger partial charge in [-0.15, -0.1) is 0 Å². The van der Waals surface area contributed by atoms with Crippen LogP contribution < -0.4 is 5.73 Å². The minimum atomic E-state index is 0.823. The zero-order chi connectivity index (χ0) is 11.0. The van der Waals surface area contributed by atoms with Gasteiger partial charge in [0.1, 0.15) is 0 Å². The predicted octanol–water partition coefficient (Wildman–Crippen LogP) is 0.894. The summed E-state index contributed by atoms with van der Waals surface area (Å²) in [5.41, 5.74) is 5.66. The van der Waals surface area contributed by atoms with Crippen molar-refractivity contribution < 1.29 is 0 Å². The highest BCUT2D eigenvalue weighted by Gasteiger charge is 2.41. The van der Waals surface area contributed by atoms with Crippen LogP contribution in [0.2, 0.25) is 0 Å². The molecule has 0 aromatic rings. The molecule has 0 bridgehead atoms. The fourth-order valence-corrected chi connectivity index (χ4v) is 3.76. The number of piperidine rings is 2. The fourth-order valence-electron chi connectivity index (χ4n) is 3.76. The van der Waals surface area contributed by atoms with Crippen LogP contribution in [0.4, 0.5) is 0 Å². The maximum absolute atomic E-state index is 5.66. The van der Waals surface area contributed by atoms with Gasteiger partial charge in [0.05, 0.1) is 0 Å². The summed E-state index contributed by atoms with van der Waals surface area (Å²) in [5, 5.41) is 0. The van der Waals surface area contributed by atoms with Gasteiger partial charge in [0.25, 0.3) is 0 Å². The molecule has 2 atom stereocenters. The molecule has 3 fully saturated rings. The molecule has 2 aliphatic heterocycles. The van der Waals surface area contributed by atoms with Gasteiger partial charge in [-0.3, -0.25) is 4.90 Å². The van der Waals surface area contributed by atoms with E-state index in [9.17, 15) is 0 Å². The molecule has 2 heterocycles. The van der Waals surface area contributed by atoms with E-state index in [0.717, 1.165) is 31.1 Å². The Morgan fingerprint density at radius 2 is 1.94 bits per heavy atom. The molecule has 2 unspecified atom stereocenters. The van der Waals surface area contributed by atoms with Gasteiger partial charge in [-0.2, -0.15) is 0 Å². The van der Waals surface area contributed by atoms with Gasteiger partial charge in [0.15, 0.2) is 0 Å². The maximum atomic E-state index is 5.66. The van der Waals surface area contributed by atoms with Crippen LogP contribution in [0, 0.1) is 5.92 Å². The molecular formula is C13H25N3. The fraction of sp³-hybridized carbons (Fsp3) is 1.00. The molecule has 3 rings (SSSR count). The Kier molecular flexibility index (Phi) is 3.18. The van der Waals surface area contributed by atoms with Crippen molar-refractivity contribution in [1.82, 2.24) is 9.80 Å². The summed E-state index contributed by atoms with van der Waals surface area (Å²) in [4.78, 5) is 5.42. The zero-order valence-corrected chi connectivity index (χ0v) is 10.3. The van der Waals surface area contributed by atoms with Crippen molar-refractivity contribution >= 4 is 0 Å². The molecule has 0 amide bonds. The van der Waals surface area contributed by atoms with E-state index >= 15 is 0 Å². The van der Waals surface area contributed by atoms with Crippen LogP contribution in [0.5, 0.6) is 0 Å². The molecule has 0 radical (unpaired) electrons. The number of nitrogens with zero attached hydrogens (tertiary/aromatic N) is 2. The molecule has 3 aliphatic rings. The lowest BCUT2D eigenvalue weighted by Gasteiger charge is -2.47. The number of rotatable bonds is 3. The van der Waals surface area contributed by atoms with Crippen LogP contribution in [0.1, 0.15) is 32.1 Å². The van der Waals surface area contributed by atoms with Gasteiger partial charge in [-0.1, -0.05) is 0 Å². The maximum Gasteiger partial charge on any atom is 0.0151 e. The average Bonchev–Trinajstić information content (AvgIpc) is 3.12. The molecule has 2 saturated heterocycles. The van der Waals surface area contributed by atoms with Gasteiger partial charge in [0.2, 0.25) is 0 Å². The van der Waals surface area contributed by atoms with Gasteiger partial charge < -0.3 is 10.6 Å². The summed E-state index contributed by atoms with van der Waals surface area (Å²) in [7, 11) is 0. The molecule has 0 aromatic heterocycles. The van der Waals surface area contributed by atoms with Crippen molar-refractivity contribution in [2.45, 2.75) is 44.2 Å². The van der Waals surface area contributed by atoms with Crippen molar-refractivity contribution in [2.24, 2.45) is 11.7 Å². The molecule has 0 spiro atoms. The van der Waals surface area contributed by atoms with Crippen LogP contribution in [-0.2, 0) is 0 Å². The van der Waals surface area contributed by atoms with E-state index in [1.165, 1.54) is 51.7 Å². The lowest BCUT2D eigenvalue weighted by Crippen LogP contribution is -2.55. The second-order valence-corrected chi connectivity index (χ2v) is 5.82. The first-order valence-electron chi connectivity index (χ1n) is 7.06. The van der Waals surface area contributed by atoms with Crippen molar-refractivity contribution in [1.29, 1.82) is 0 Å². The van der Waals surface area contributed by atoms with Gasteiger partial charge in [-0.25, -0.2) is 0 Å². The molecule has 2 N–H and O–H groups in total. The molecule has 1 saturated carbocycles. The zero-order valence-electron chi connectivity index (χ0n) is 10.3. The van der Waals surface area contributed by atoms with E-state index < -0.39 is 0 Å². The summed E-state index contributed by atoms with van der Waals surface area (Å²) in [5.74, 6) is 0.939. The molecule has 1 aliphatic carbocycles. The Morgan fingerprint density at radius 3 is 2.69 bits per heavy atom. The minimum Gasteiger partial charge on any atom is -0.329 e. The van der Waals surface area contributed by atoms with Crippen LogP contribution in [0.25, 0.3) is 0 Å². The van der Waals surface area contributed by atoms with Crippen LogP contribution in [0.3, 0.4) is 0 Å². The molecular weight excluding hydrogens is 198 g/mol. The number of hydrogen-bond donors (Lipinski definition) is 1. The summed E-state index contributed by atoms with van der Waals surface area (Å²) in [6.07, 6.45) is 7.20. The summed E-state index contributed by atoms with van der Waals surface area (Å²) in [6, 6.07) is 1.88. The third-order valence-electron chi connectivity index (χ3n) is 4.66. The van der Waals surface area contributed by atoms with Crippen molar-refractivity contribution in [3.05, 3.63) is 0 Å². The number of hydrogen-bond acceptors (Lipinski definition) is 3. The van der Waals surface area contributed by atoms with E-state index in [4.69, 9.17) is 5.73 Å². The van der Waals surface area contributed by atoms with Crippen LogP contribution in [-0.4, -0.2) is 54.6 Å². The second kappa shape index (κ2) is 4.63. The first-order chi connectivity index (χ1) is 7.88. The topological polar surface area (TPSA) is 32.5 Å². The number of fused-ring (bicyclic) bond motifs is 1. The third-order valence-corrected chi connectivity index (χ3v) is 4.66. The highest BCUT2D eigenvalue weighted by Crippen LogP contribution is 2.38. The van der Waals surface area contributed by atoms with E-state index in [1.54, 1.807) is 0 Å². The summed E-state index contributed by atoms with van der Waals surface area (Å²) < 4.78 is 0. The summed E-state index contributed by atoms with van der Waals surface area (Å²) >= 11 is 0. The van der Waals surface area contributed by atoms with Crippen molar-refractivity contribution in [3.63, 3.8) is 0 Å². The van der Waals surface area contributed by atoms with Gasteiger partial charge in [-0.05, 0) is 51.1 Å². The third kappa shape index (κ3) is 2.13. The monoisotopic (exact) mass is 223 g/mol. The smallest absolute Gasteiger partial charge is 0.0151 e. The Morgan fingerprint density at radius 1 is 1.06 bits per heavy atom. The molecule has 3 heteroatoms. The largest absolute Gasteiger partial charge is 0.329 e. The number of likely N-dealkylation sites (tertiary alicyclic amines) is 2. The van der Waals surface area contributed by atoms with E-state index in [0.29, 0.717) is 0 Å². The quantitative estimate of drug-likeness (QED) is 0.771. The normalized spacial score (nSPS) is 37.3. The van der Waals surface area contributed by atoms with E-state index in [2.05, 4.69) is 9.80 Å². The highest BCUT2D eigenvalue weighted by atomic mass is 15.3. The van der Waals surface area contributed by atoms with Crippen molar-refractivity contribution in [3.8, 4) is 0 Å². The average molecular weight is 223 g/mol. The van der Waals surface area contributed by atoms with Crippen molar-refractivity contribution in [2.75, 3.05) is 32.7 Å². The molecule has 92 valence electrons. The first kappa shape index (κ1) is 11.0.